The van der Waals surface area contributed by atoms with E-state index in [-0.39, 0.29) is 11.6 Å². The molecule has 0 aromatic rings. The minimum absolute atomic E-state index is 0.109. The fourth-order valence-corrected chi connectivity index (χ4v) is 6.41. The molecule has 5 fully saturated rings. The fraction of sp³-hybridized carbons (Fsp3) is 0.947. The van der Waals surface area contributed by atoms with Crippen LogP contribution in [0.2, 0.25) is 0 Å². The van der Waals surface area contributed by atoms with Gasteiger partial charge in [0.1, 0.15) is 0 Å². The number of amides is 2. The molecule has 2 amide bonds. The number of rotatable bonds is 4. The maximum atomic E-state index is 12.3. The summed E-state index contributed by atoms with van der Waals surface area (Å²) >= 11 is 0. The standard InChI is InChI=1S/C19H32N2O/c22-18(20-7-6-14-4-2-1-3-5-14)21-19-11-15-8-16(12-19)10-17(9-15)13-19/h14-17H,1-13H2,(H2,20,21,22). The number of nitrogens with one attached hydrogen (secondary N) is 2. The monoisotopic (exact) mass is 304 g/mol. The summed E-state index contributed by atoms with van der Waals surface area (Å²) in [5, 5.41) is 6.57. The van der Waals surface area contributed by atoms with Gasteiger partial charge in [-0.05, 0) is 68.6 Å². The van der Waals surface area contributed by atoms with Gasteiger partial charge >= 0.3 is 6.03 Å². The summed E-state index contributed by atoms with van der Waals surface area (Å²) in [4.78, 5) is 12.3. The first-order valence-electron chi connectivity index (χ1n) is 9.77. The molecule has 2 N–H and O–H groups in total. The van der Waals surface area contributed by atoms with E-state index < -0.39 is 0 Å². The van der Waals surface area contributed by atoms with E-state index in [4.69, 9.17) is 0 Å². The van der Waals surface area contributed by atoms with Gasteiger partial charge in [0, 0.05) is 12.1 Å². The van der Waals surface area contributed by atoms with Gasteiger partial charge in [0.15, 0.2) is 0 Å². The predicted octanol–water partition coefficient (Wildman–Crippen LogP) is 4.22. The highest BCUT2D eigenvalue weighted by molar-refractivity contribution is 5.74. The number of carbonyl (C=O) groups excluding carboxylic acids is 1. The molecule has 5 saturated carbocycles. The van der Waals surface area contributed by atoms with E-state index in [1.54, 1.807) is 0 Å². The minimum Gasteiger partial charge on any atom is -0.338 e. The van der Waals surface area contributed by atoms with Crippen LogP contribution in [0, 0.1) is 23.7 Å². The van der Waals surface area contributed by atoms with Crippen LogP contribution in [0.15, 0.2) is 0 Å². The quantitative estimate of drug-likeness (QED) is 0.802. The van der Waals surface area contributed by atoms with Gasteiger partial charge < -0.3 is 10.6 Å². The van der Waals surface area contributed by atoms with E-state index in [1.165, 1.54) is 77.0 Å². The van der Waals surface area contributed by atoms with Crippen molar-refractivity contribution in [3.63, 3.8) is 0 Å². The molecule has 4 bridgehead atoms. The van der Waals surface area contributed by atoms with Crippen LogP contribution in [0.1, 0.15) is 77.0 Å². The van der Waals surface area contributed by atoms with Crippen molar-refractivity contribution >= 4 is 6.03 Å². The van der Waals surface area contributed by atoms with Gasteiger partial charge in [-0.2, -0.15) is 0 Å². The highest BCUT2D eigenvalue weighted by Gasteiger charge is 2.51. The lowest BCUT2D eigenvalue weighted by Gasteiger charge is -2.56. The number of urea groups is 1. The first-order chi connectivity index (χ1) is 10.7. The summed E-state index contributed by atoms with van der Waals surface area (Å²) in [5.74, 6) is 3.55. The highest BCUT2D eigenvalue weighted by atomic mass is 16.2. The summed E-state index contributed by atoms with van der Waals surface area (Å²) in [5.41, 5.74) is 0.156. The van der Waals surface area contributed by atoms with Gasteiger partial charge in [-0.25, -0.2) is 4.79 Å². The molecule has 0 radical (unpaired) electrons. The number of hydrogen-bond donors (Lipinski definition) is 2. The Morgan fingerprint density at radius 1 is 0.909 bits per heavy atom. The van der Waals surface area contributed by atoms with Crippen LogP contribution in [0.25, 0.3) is 0 Å². The number of carbonyl (C=O) groups is 1. The topological polar surface area (TPSA) is 41.1 Å². The van der Waals surface area contributed by atoms with Gasteiger partial charge in [0.25, 0.3) is 0 Å². The van der Waals surface area contributed by atoms with E-state index >= 15 is 0 Å². The van der Waals surface area contributed by atoms with E-state index in [1.807, 2.05) is 0 Å². The Bertz CT molecular complexity index is 378. The molecule has 0 atom stereocenters. The van der Waals surface area contributed by atoms with Crippen molar-refractivity contribution in [1.29, 1.82) is 0 Å². The van der Waals surface area contributed by atoms with Crippen molar-refractivity contribution in [1.82, 2.24) is 10.6 Å². The second-order valence-corrected chi connectivity index (χ2v) is 8.87. The summed E-state index contributed by atoms with van der Waals surface area (Å²) in [6.45, 7) is 0.864. The molecule has 0 aromatic heterocycles. The Balaban J connectivity index is 1.24. The molecule has 0 unspecified atom stereocenters. The first-order valence-corrected chi connectivity index (χ1v) is 9.77. The van der Waals surface area contributed by atoms with Gasteiger partial charge in [-0.15, -0.1) is 0 Å². The largest absolute Gasteiger partial charge is 0.338 e. The van der Waals surface area contributed by atoms with Gasteiger partial charge in [0.2, 0.25) is 0 Å². The average molecular weight is 304 g/mol. The second kappa shape index (κ2) is 6.05. The molecular weight excluding hydrogens is 272 g/mol. The van der Waals surface area contributed by atoms with Crippen molar-refractivity contribution in [2.45, 2.75) is 82.6 Å². The van der Waals surface area contributed by atoms with Crippen molar-refractivity contribution in [2.75, 3.05) is 6.54 Å². The Morgan fingerprint density at radius 3 is 2.09 bits per heavy atom. The lowest BCUT2D eigenvalue weighted by Crippen LogP contribution is -2.61. The zero-order chi connectivity index (χ0) is 15.0. The maximum absolute atomic E-state index is 12.3. The van der Waals surface area contributed by atoms with Crippen LogP contribution >= 0.6 is 0 Å². The lowest BCUT2D eigenvalue weighted by atomic mass is 9.53. The first kappa shape index (κ1) is 14.8. The van der Waals surface area contributed by atoms with Crippen LogP contribution in [0.5, 0.6) is 0 Å². The molecule has 0 spiro atoms. The molecule has 0 heterocycles. The van der Waals surface area contributed by atoms with Gasteiger partial charge in [-0.3, -0.25) is 0 Å². The smallest absolute Gasteiger partial charge is 0.315 e. The summed E-state index contributed by atoms with van der Waals surface area (Å²) in [6.07, 6.45) is 16.2. The average Bonchev–Trinajstić information content (AvgIpc) is 2.46. The predicted molar refractivity (Wildman–Crippen MR) is 88.6 cm³/mol. The molecule has 0 aromatic carbocycles. The lowest BCUT2D eigenvalue weighted by molar-refractivity contribution is -0.0135. The van der Waals surface area contributed by atoms with Crippen LogP contribution in [0.4, 0.5) is 4.79 Å². The highest BCUT2D eigenvalue weighted by Crippen LogP contribution is 2.55. The normalized spacial score (nSPS) is 40.6. The SMILES string of the molecule is O=C(NCCC1CCCCC1)NC12CC3CC(CC(C3)C1)C2. The van der Waals surface area contributed by atoms with Gasteiger partial charge in [0.05, 0.1) is 0 Å². The van der Waals surface area contributed by atoms with Crippen molar-refractivity contribution in [2.24, 2.45) is 23.7 Å². The van der Waals surface area contributed by atoms with E-state index in [0.717, 1.165) is 30.2 Å². The second-order valence-electron chi connectivity index (χ2n) is 8.87. The molecule has 22 heavy (non-hydrogen) atoms. The Labute approximate surface area is 135 Å². The van der Waals surface area contributed by atoms with Crippen LogP contribution in [-0.4, -0.2) is 18.1 Å². The maximum Gasteiger partial charge on any atom is 0.315 e. The molecule has 124 valence electrons. The molecule has 5 aliphatic carbocycles. The Morgan fingerprint density at radius 2 is 1.50 bits per heavy atom. The summed E-state index contributed by atoms with van der Waals surface area (Å²) < 4.78 is 0. The molecule has 5 rings (SSSR count). The minimum atomic E-state index is 0.109. The third kappa shape index (κ3) is 3.14. The van der Waals surface area contributed by atoms with Crippen LogP contribution in [0.3, 0.4) is 0 Å². The number of hydrogen-bond acceptors (Lipinski definition) is 1. The molecule has 3 nitrogen and oxygen atoms in total. The zero-order valence-corrected chi connectivity index (χ0v) is 13.9. The summed E-state index contributed by atoms with van der Waals surface area (Å²) in [7, 11) is 0. The molecule has 5 aliphatic rings. The Kier molecular flexibility index (Phi) is 4.08. The fourth-order valence-electron chi connectivity index (χ4n) is 6.41. The third-order valence-corrected chi connectivity index (χ3v) is 6.98. The molecule has 3 heteroatoms. The molecule has 0 aliphatic heterocycles. The van der Waals surface area contributed by atoms with Crippen molar-refractivity contribution < 1.29 is 4.79 Å². The van der Waals surface area contributed by atoms with Crippen molar-refractivity contribution in [3.8, 4) is 0 Å². The Hall–Kier alpha value is -0.730. The molecular formula is C19H32N2O. The summed E-state index contributed by atoms with van der Waals surface area (Å²) in [6, 6.07) is 0.109. The van der Waals surface area contributed by atoms with Crippen LogP contribution < -0.4 is 10.6 Å². The van der Waals surface area contributed by atoms with Crippen LogP contribution in [-0.2, 0) is 0 Å². The van der Waals surface area contributed by atoms with E-state index in [0.29, 0.717) is 0 Å². The van der Waals surface area contributed by atoms with Gasteiger partial charge in [-0.1, -0.05) is 32.1 Å². The van der Waals surface area contributed by atoms with E-state index in [2.05, 4.69) is 10.6 Å². The van der Waals surface area contributed by atoms with Crippen molar-refractivity contribution in [3.05, 3.63) is 0 Å². The third-order valence-electron chi connectivity index (χ3n) is 6.98. The zero-order valence-electron chi connectivity index (χ0n) is 13.9. The molecule has 0 saturated heterocycles. The van der Waals surface area contributed by atoms with E-state index in [9.17, 15) is 4.79 Å².